The molecule has 2 aromatic carbocycles. The lowest BCUT2D eigenvalue weighted by Gasteiger charge is -2.39. The molecule has 34 heavy (non-hydrogen) atoms. The molecule has 6 nitrogen and oxygen atoms in total. The minimum Gasteiger partial charge on any atom is -0.487 e. The Labute approximate surface area is 201 Å². The zero-order valence-electron chi connectivity index (χ0n) is 19.6. The van der Waals surface area contributed by atoms with E-state index in [-0.39, 0.29) is 5.91 Å². The molecule has 1 saturated heterocycles. The number of nitrogens with one attached hydrogen (secondary N) is 1. The highest BCUT2D eigenvalue weighted by Crippen LogP contribution is 2.17. The van der Waals surface area contributed by atoms with Gasteiger partial charge in [0.1, 0.15) is 12.4 Å². The van der Waals surface area contributed by atoms with Crippen LogP contribution in [-0.4, -0.2) is 54.6 Å². The van der Waals surface area contributed by atoms with Crippen LogP contribution in [0.4, 0.5) is 5.69 Å². The minimum atomic E-state index is -0.0785. The fourth-order valence-electron chi connectivity index (χ4n) is 3.98. The smallest absolute Gasteiger partial charge is 0.244 e. The number of benzene rings is 2. The number of piperazine rings is 1. The van der Waals surface area contributed by atoms with Crippen LogP contribution in [-0.2, 0) is 11.4 Å². The zero-order chi connectivity index (χ0) is 23.6. The van der Waals surface area contributed by atoms with Crippen LogP contribution in [0.2, 0.25) is 0 Å². The third-order valence-corrected chi connectivity index (χ3v) is 6.05. The number of rotatable bonds is 9. The summed E-state index contributed by atoms with van der Waals surface area (Å²) in [5.41, 5.74) is 3.11. The molecule has 4 rings (SSSR count). The molecule has 0 saturated carbocycles. The van der Waals surface area contributed by atoms with Gasteiger partial charge in [0.25, 0.3) is 0 Å². The van der Waals surface area contributed by atoms with Crippen LogP contribution < -0.4 is 15.0 Å². The Bertz CT molecular complexity index is 1050. The number of amides is 1. The van der Waals surface area contributed by atoms with E-state index in [0.29, 0.717) is 19.2 Å². The van der Waals surface area contributed by atoms with Crippen molar-refractivity contribution < 1.29 is 9.53 Å². The maximum atomic E-state index is 12.3. The number of aromatic nitrogens is 1. The number of hydrogen-bond acceptors (Lipinski definition) is 5. The number of pyridine rings is 1. The number of hydrogen-bond donors (Lipinski definition) is 1. The second kappa shape index (κ2) is 12.0. The van der Waals surface area contributed by atoms with Gasteiger partial charge in [-0.3, -0.25) is 14.7 Å². The lowest BCUT2D eigenvalue weighted by molar-refractivity contribution is -0.116. The zero-order valence-corrected chi connectivity index (χ0v) is 19.6. The van der Waals surface area contributed by atoms with Crippen molar-refractivity contribution in [3.05, 3.63) is 96.3 Å². The van der Waals surface area contributed by atoms with E-state index in [4.69, 9.17) is 4.74 Å². The second-order valence-electron chi connectivity index (χ2n) is 8.46. The summed E-state index contributed by atoms with van der Waals surface area (Å²) in [6.07, 6.45) is 5.16. The van der Waals surface area contributed by atoms with Crippen LogP contribution >= 0.6 is 0 Å². The van der Waals surface area contributed by atoms with Crippen molar-refractivity contribution in [3.8, 4) is 5.75 Å². The number of nitrogens with zero attached hydrogens (tertiary/aromatic N) is 3. The van der Waals surface area contributed by atoms with Gasteiger partial charge in [-0.2, -0.15) is 0 Å². The van der Waals surface area contributed by atoms with Crippen molar-refractivity contribution in [1.29, 1.82) is 0 Å². The lowest BCUT2D eigenvalue weighted by atomic mass is 10.2. The third-order valence-electron chi connectivity index (χ3n) is 6.05. The number of anilines is 1. The van der Waals surface area contributed by atoms with Gasteiger partial charge in [0.05, 0.1) is 5.69 Å². The van der Waals surface area contributed by atoms with Crippen molar-refractivity contribution in [2.75, 3.05) is 37.6 Å². The van der Waals surface area contributed by atoms with Gasteiger partial charge in [-0.1, -0.05) is 36.4 Å². The van der Waals surface area contributed by atoms with Gasteiger partial charge in [0, 0.05) is 56.7 Å². The number of carbonyl (C=O) groups excluding carboxylic acids is 1. The predicted molar refractivity (Wildman–Crippen MR) is 137 cm³/mol. The summed E-state index contributed by atoms with van der Waals surface area (Å²) in [4.78, 5) is 21.4. The Balaban J connectivity index is 1.17. The lowest BCUT2D eigenvalue weighted by Crippen LogP contribution is -2.52. The van der Waals surface area contributed by atoms with Crippen LogP contribution in [0.25, 0.3) is 6.08 Å². The van der Waals surface area contributed by atoms with E-state index in [9.17, 15) is 4.79 Å². The van der Waals surface area contributed by atoms with Crippen molar-refractivity contribution in [2.45, 2.75) is 19.6 Å². The van der Waals surface area contributed by atoms with Crippen LogP contribution in [0.15, 0.2) is 85.1 Å². The molecule has 0 aliphatic carbocycles. The first kappa shape index (κ1) is 23.5. The van der Waals surface area contributed by atoms with Gasteiger partial charge in [-0.25, -0.2) is 0 Å². The Kier molecular flexibility index (Phi) is 8.30. The van der Waals surface area contributed by atoms with Crippen LogP contribution in [0.3, 0.4) is 0 Å². The number of carbonyl (C=O) groups is 1. The van der Waals surface area contributed by atoms with E-state index < -0.39 is 0 Å². The van der Waals surface area contributed by atoms with Crippen molar-refractivity contribution in [1.82, 2.24) is 15.2 Å². The van der Waals surface area contributed by atoms with Gasteiger partial charge in [0.2, 0.25) is 5.91 Å². The Morgan fingerprint density at radius 1 is 1.00 bits per heavy atom. The summed E-state index contributed by atoms with van der Waals surface area (Å²) in [7, 11) is 0. The number of para-hydroxylation sites is 1. The molecule has 1 amide bonds. The molecule has 0 spiro atoms. The van der Waals surface area contributed by atoms with E-state index in [1.165, 1.54) is 5.69 Å². The Hall–Kier alpha value is -3.64. The molecule has 0 bridgehead atoms. The van der Waals surface area contributed by atoms with E-state index in [0.717, 1.165) is 43.2 Å². The molecule has 3 aromatic rings. The molecule has 1 aromatic heterocycles. The first-order chi connectivity index (χ1) is 16.7. The van der Waals surface area contributed by atoms with Crippen molar-refractivity contribution in [2.24, 2.45) is 0 Å². The van der Waals surface area contributed by atoms with Crippen molar-refractivity contribution >= 4 is 17.7 Å². The Morgan fingerprint density at radius 2 is 1.74 bits per heavy atom. The molecule has 1 fully saturated rings. The van der Waals surface area contributed by atoms with E-state index in [1.807, 2.05) is 54.6 Å². The maximum absolute atomic E-state index is 12.3. The first-order valence-electron chi connectivity index (χ1n) is 11.8. The molecule has 2 heterocycles. The van der Waals surface area contributed by atoms with Gasteiger partial charge in [0.15, 0.2) is 0 Å². The molecule has 0 radical (unpaired) electrons. The van der Waals surface area contributed by atoms with E-state index in [1.54, 1.807) is 12.3 Å². The fraction of sp³-hybridized carbons (Fsp3) is 0.286. The largest absolute Gasteiger partial charge is 0.487 e. The first-order valence-corrected chi connectivity index (χ1v) is 11.8. The van der Waals surface area contributed by atoms with E-state index in [2.05, 4.69) is 51.3 Å². The summed E-state index contributed by atoms with van der Waals surface area (Å²) in [5, 5.41) is 3.03. The third kappa shape index (κ3) is 6.93. The summed E-state index contributed by atoms with van der Waals surface area (Å²) in [6, 6.07) is 24.3. The topological polar surface area (TPSA) is 57.7 Å². The monoisotopic (exact) mass is 456 g/mol. The quantitative estimate of drug-likeness (QED) is 0.493. The molecule has 6 heteroatoms. The molecule has 176 valence electrons. The standard InChI is InChI=1S/C28H32N4O2/c1-23(31-17-19-32(20-18-31)26-8-3-2-4-9-26)21-30-28(33)15-12-24-10-13-27(14-11-24)34-22-25-7-5-6-16-29-25/h2-16,23H,17-22H2,1H3,(H,30,33)/b15-12+. The maximum Gasteiger partial charge on any atom is 0.244 e. The van der Waals surface area contributed by atoms with Gasteiger partial charge in [-0.15, -0.1) is 0 Å². The van der Waals surface area contributed by atoms with E-state index >= 15 is 0 Å². The van der Waals surface area contributed by atoms with Gasteiger partial charge in [-0.05, 0) is 55.0 Å². The SMILES string of the molecule is CC(CNC(=O)/C=C/c1ccc(OCc2ccccn2)cc1)N1CCN(c2ccccc2)CC1. The minimum absolute atomic E-state index is 0.0785. The number of ether oxygens (including phenoxy) is 1. The average Bonchev–Trinajstić information content (AvgIpc) is 2.91. The van der Waals surface area contributed by atoms with Crippen LogP contribution in [0.5, 0.6) is 5.75 Å². The normalized spacial score (nSPS) is 15.3. The van der Waals surface area contributed by atoms with Gasteiger partial charge < -0.3 is 15.0 Å². The predicted octanol–water partition coefficient (Wildman–Crippen LogP) is 4.00. The fourth-order valence-corrected chi connectivity index (χ4v) is 3.98. The van der Waals surface area contributed by atoms with Crippen molar-refractivity contribution in [3.63, 3.8) is 0 Å². The highest BCUT2D eigenvalue weighted by Gasteiger charge is 2.21. The molecule has 1 aliphatic rings. The highest BCUT2D eigenvalue weighted by molar-refractivity contribution is 5.91. The summed E-state index contributed by atoms with van der Waals surface area (Å²) in [5.74, 6) is 0.693. The highest BCUT2D eigenvalue weighted by atomic mass is 16.5. The molecule has 1 N–H and O–H groups in total. The summed E-state index contributed by atoms with van der Waals surface area (Å²) < 4.78 is 5.75. The van der Waals surface area contributed by atoms with Crippen LogP contribution in [0, 0.1) is 0 Å². The van der Waals surface area contributed by atoms with Crippen LogP contribution in [0.1, 0.15) is 18.2 Å². The van der Waals surface area contributed by atoms with Gasteiger partial charge >= 0.3 is 0 Å². The summed E-state index contributed by atoms with van der Waals surface area (Å²) >= 11 is 0. The second-order valence-corrected chi connectivity index (χ2v) is 8.46. The average molecular weight is 457 g/mol. The molecule has 1 unspecified atom stereocenters. The Morgan fingerprint density at radius 3 is 2.44 bits per heavy atom. The molecule has 1 aliphatic heterocycles. The molecule has 1 atom stereocenters. The molecular formula is C28H32N4O2. The summed E-state index contributed by atoms with van der Waals surface area (Å²) in [6.45, 7) is 7.24. The molecular weight excluding hydrogens is 424 g/mol.